The van der Waals surface area contributed by atoms with E-state index in [2.05, 4.69) is 41.0 Å². The van der Waals surface area contributed by atoms with E-state index in [-0.39, 0.29) is 6.04 Å². The van der Waals surface area contributed by atoms with Crippen molar-refractivity contribution in [1.82, 2.24) is 14.8 Å². The van der Waals surface area contributed by atoms with Crippen molar-refractivity contribution in [2.45, 2.75) is 44.7 Å². The van der Waals surface area contributed by atoms with Gasteiger partial charge in [-0.15, -0.1) is 0 Å². The summed E-state index contributed by atoms with van der Waals surface area (Å²) in [6, 6.07) is 4.45. The molecule has 114 valence electrons. The number of pyridine rings is 1. The highest BCUT2D eigenvalue weighted by Crippen LogP contribution is 2.36. The van der Waals surface area contributed by atoms with Crippen LogP contribution in [0.2, 0.25) is 0 Å². The predicted molar refractivity (Wildman–Crippen MR) is 82.7 cm³/mol. The first-order valence-corrected chi connectivity index (χ1v) is 8.02. The first kappa shape index (κ1) is 14.5. The van der Waals surface area contributed by atoms with Crippen LogP contribution in [0.25, 0.3) is 0 Å². The van der Waals surface area contributed by atoms with E-state index in [0.29, 0.717) is 11.8 Å². The standard InChI is InChI=1S/C17H25N3O/c1-19(2)12-14-7-8-15(18-11-14)16-4-3-9-20(16)17(21)10-13-5-6-13/h7-8,11,13,16H,3-6,9-10,12H2,1-2H3/t16-/m1/s1. The van der Waals surface area contributed by atoms with Crippen LogP contribution in [0.15, 0.2) is 18.3 Å². The van der Waals surface area contributed by atoms with E-state index in [0.717, 1.165) is 38.0 Å². The van der Waals surface area contributed by atoms with Gasteiger partial charge in [-0.25, -0.2) is 0 Å². The van der Waals surface area contributed by atoms with Gasteiger partial charge in [-0.2, -0.15) is 0 Å². The van der Waals surface area contributed by atoms with Crippen molar-refractivity contribution in [3.8, 4) is 0 Å². The molecule has 0 bridgehead atoms. The molecule has 0 aromatic carbocycles. The lowest BCUT2D eigenvalue weighted by Crippen LogP contribution is -2.31. The van der Waals surface area contributed by atoms with Crippen LogP contribution < -0.4 is 0 Å². The van der Waals surface area contributed by atoms with Crippen LogP contribution in [0.1, 0.15) is 49.4 Å². The topological polar surface area (TPSA) is 36.4 Å². The number of likely N-dealkylation sites (tertiary alicyclic amines) is 1. The minimum atomic E-state index is 0.199. The Bertz CT molecular complexity index is 493. The molecule has 1 aliphatic carbocycles. The summed E-state index contributed by atoms with van der Waals surface area (Å²) in [5.41, 5.74) is 2.27. The molecule has 1 aromatic rings. The summed E-state index contributed by atoms with van der Waals surface area (Å²) in [6.45, 7) is 1.81. The second kappa shape index (κ2) is 6.14. The molecule has 21 heavy (non-hydrogen) atoms. The Balaban J connectivity index is 1.67. The van der Waals surface area contributed by atoms with E-state index in [1.807, 2.05) is 6.20 Å². The molecule has 4 nitrogen and oxygen atoms in total. The zero-order chi connectivity index (χ0) is 14.8. The minimum Gasteiger partial charge on any atom is -0.334 e. The second-order valence-electron chi connectivity index (χ2n) is 6.72. The highest BCUT2D eigenvalue weighted by molar-refractivity contribution is 5.77. The Kier molecular flexibility index (Phi) is 4.24. The molecule has 1 atom stereocenters. The normalized spacial score (nSPS) is 22.0. The highest BCUT2D eigenvalue weighted by atomic mass is 16.2. The Morgan fingerprint density at radius 2 is 2.14 bits per heavy atom. The van der Waals surface area contributed by atoms with Crippen LogP contribution in [0.5, 0.6) is 0 Å². The zero-order valence-electron chi connectivity index (χ0n) is 13.1. The first-order valence-electron chi connectivity index (χ1n) is 8.02. The lowest BCUT2D eigenvalue weighted by atomic mass is 10.1. The number of nitrogens with zero attached hydrogens (tertiary/aromatic N) is 3. The largest absolute Gasteiger partial charge is 0.334 e. The molecule has 3 rings (SSSR count). The van der Waals surface area contributed by atoms with Crippen LogP contribution in [0.4, 0.5) is 0 Å². The van der Waals surface area contributed by atoms with Gasteiger partial charge >= 0.3 is 0 Å². The maximum Gasteiger partial charge on any atom is 0.223 e. The summed E-state index contributed by atoms with van der Waals surface area (Å²) in [5, 5.41) is 0. The van der Waals surface area contributed by atoms with Gasteiger partial charge in [0, 0.05) is 25.7 Å². The minimum absolute atomic E-state index is 0.199. The Morgan fingerprint density at radius 3 is 2.76 bits per heavy atom. The highest BCUT2D eigenvalue weighted by Gasteiger charge is 2.34. The molecule has 1 saturated heterocycles. The van der Waals surface area contributed by atoms with Crippen LogP contribution in [0.3, 0.4) is 0 Å². The summed E-state index contributed by atoms with van der Waals surface area (Å²) >= 11 is 0. The van der Waals surface area contributed by atoms with Gasteiger partial charge in [-0.1, -0.05) is 6.07 Å². The van der Waals surface area contributed by atoms with Crippen molar-refractivity contribution in [3.05, 3.63) is 29.6 Å². The van der Waals surface area contributed by atoms with E-state index >= 15 is 0 Å². The number of hydrogen-bond acceptors (Lipinski definition) is 3. The third-order valence-electron chi connectivity index (χ3n) is 4.42. The van der Waals surface area contributed by atoms with Crippen LogP contribution in [-0.4, -0.2) is 41.3 Å². The van der Waals surface area contributed by atoms with Crippen molar-refractivity contribution >= 4 is 5.91 Å². The van der Waals surface area contributed by atoms with Gasteiger partial charge in [-0.05, 0) is 57.3 Å². The van der Waals surface area contributed by atoms with Crippen LogP contribution >= 0.6 is 0 Å². The Labute approximate surface area is 127 Å². The molecule has 2 fully saturated rings. The molecule has 0 radical (unpaired) electrons. The van der Waals surface area contributed by atoms with Gasteiger partial charge < -0.3 is 9.80 Å². The van der Waals surface area contributed by atoms with E-state index in [1.165, 1.54) is 18.4 Å². The number of rotatable bonds is 5. The molecule has 1 aliphatic heterocycles. The summed E-state index contributed by atoms with van der Waals surface area (Å²) in [4.78, 5) is 21.2. The summed E-state index contributed by atoms with van der Waals surface area (Å²) in [6.07, 6.45) is 7.33. The van der Waals surface area contributed by atoms with Gasteiger partial charge in [-0.3, -0.25) is 9.78 Å². The first-order chi connectivity index (χ1) is 10.1. The second-order valence-corrected chi connectivity index (χ2v) is 6.72. The van der Waals surface area contributed by atoms with Crippen molar-refractivity contribution in [1.29, 1.82) is 0 Å². The molecule has 2 aliphatic rings. The van der Waals surface area contributed by atoms with Gasteiger partial charge in [0.05, 0.1) is 11.7 Å². The van der Waals surface area contributed by atoms with E-state index in [1.54, 1.807) is 0 Å². The number of aromatic nitrogens is 1. The van der Waals surface area contributed by atoms with Gasteiger partial charge in [0.15, 0.2) is 0 Å². The Morgan fingerprint density at radius 1 is 1.33 bits per heavy atom. The van der Waals surface area contributed by atoms with Crippen molar-refractivity contribution in [2.75, 3.05) is 20.6 Å². The van der Waals surface area contributed by atoms with Gasteiger partial charge in [0.25, 0.3) is 0 Å². The molecule has 0 spiro atoms. The molecule has 1 aromatic heterocycles. The predicted octanol–water partition coefficient (Wildman–Crippen LogP) is 2.61. The molecule has 1 amide bonds. The number of amides is 1. The number of carbonyl (C=O) groups excluding carboxylic acids is 1. The summed E-state index contributed by atoms with van der Waals surface area (Å²) in [7, 11) is 4.12. The molecule has 1 saturated carbocycles. The molecular formula is C17H25N3O. The maximum absolute atomic E-state index is 12.4. The van der Waals surface area contributed by atoms with Crippen LogP contribution in [-0.2, 0) is 11.3 Å². The van der Waals surface area contributed by atoms with Crippen molar-refractivity contribution in [2.24, 2.45) is 5.92 Å². The molecule has 0 unspecified atom stereocenters. The smallest absolute Gasteiger partial charge is 0.223 e. The number of carbonyl (C=O) groups is 1. The average molecular weight is 287 g/mol. The van der Waals surface area contributed by atoms with Gasteiger partial charge in [0.2, 0.25) is 5.91 Å². The molecule has 4 heteroatoms. The number of hydrogen-bond donors (Lipinski definition) is 0. The quantitative estimate of drug-likeness (QED) is 0.835. The maximum atomic E-state index is 12.4. The van der Waals surface area contributed by atoms with E-state index in [4.69, 9.17) is 0 Å². The van der Waals surface area contributed by atoms with E-state index < -0.39 is 0 Å². The molecule has 0 N–H and O–H groups in total. The third-order valence-corrected chi connectivity index (χ3v) is 4.42. The van der Waals surface area contributed by atoms with Gasteiger partial charge in [0.1, 0.15) is 0 Å². The average Bonchev–Trinajstić information content (AvgIpc) is 3.12. The zero-order valence-corrected chi connectivity index (χ0v) is 13.1. The molecular weight excluding hydrogens is 262 g/mol. The molecule has 2 heterocycles. The fourth-order valence-corrected chi connectivity index (χ4v) is 3.15. The lowest BCUT2D eigenvalue weighted by Gasteiger charge is -2.24. The van der Waals surface area contributed by atoms with E-state index in [9.17, 15) is 4.79 Å². The fourth-order valence-electron chi connectivity index (χ4n) is 3.15. The third kappa shape index (κ3) is 3.62. The lowest BCUT2D eigenvalue weighted by molar-refractivity contribution is -0.132. The Hall–Kier alpha value is -1.42. The van der Waals surface area contributed by atoms with Crippen LogP contribution in [0, 0.1) is 5.92 Å². The summed E-state index contributed by atoms with van der Waals surface area (Å²) < 4.78 is 0. The summed E-state index contributed by atoms with van der Waals surface area (Å²) in [5.74, 6) is 0.994. The van der Waals surface area contributed by atoms with Crippen molar-refractivity contribution < 1.29 is 4.79 Å². The fraction of sp³-hybridized carbons (Fsp3) is 0.647. The monoisotopic (exact) mass is 287 g/mol. The van der Waals surface area contributed by atoms with Crippen molar-refractivity contribution in [3.63, 3.8) is 0 Å². The SMILES string of the molecule is CN(C)Cc1ccc([C@H]2CCCN2C(=O)CC2CC2)nc1.